The van der Waals surface area contributed by atoms with E-state index in [1.54, 1.807) is 13.8 Å². The number of hydrogen-bond acceptors (Lipinski definition) is 3. The Morgan fingerprint density at radius 3 is 2.47 bits per heavy atom. The van der Waals surface area contributed by atoms with Crippen LogP contribution < -0.4 is 0 Å². The first-order chi connectivity index (χ1) is 7.03. The Labute approximate surface area is 90.3 Å². The molecule has 0 aliphatic heterocycles. The van der Waals surface area contributed by atoms with Gasteiger partial charge in [-0.2, -0.15) is 0 Å². The summed E-state index contributed by atoms with van der Waals surface area (Å²) in [4.78, 5) is 4.48. The highest BCUT2D eigenvalue weighted by molar-refractivity contribution is 5.34. The van der Waals surface area contributed by atoms with Gasteiger partial charge in [0.1, 0.15) is 5.60 Å². The summed E-state index contributed by atoms with van der Waals surface area (Å²) in [5.74, 6) is 0.0376. The van der Waals surface area contributed by atoms with Crippen molar-refractivity contribution in [1.82, 2.24) is 0 Å². The second-order valence-corrected chi connectivity index (χ2v) is 4.27. The average Bonchev–Trinajstić information content (AvgIpc) is 2.28. The van der Waals surface area contributed by atoms with E-state index in [0.717, 1.165) is 11.1 Å². The number of hydrogen-bond donors (Lipinski definition) is 2. The molecule has 1 atom stereocenters. The van der Waals surface area contributed by atoms with Gasteiger partial charge in [-0.15, -0.1) is 0 Å². The quantitative estimate of drug-likeness (QED) is 0.593. The van der Waals surface area contributed by atoms with E-state index in [9.17, 15) is 0 Å². The Hall–Kier alpha value is -0.900. The van der Waals surface area contributed by atoms with Gasteiger partial charge in [-0.25, -0.2) is 4.89 Å². The van der Waals surface area contributed by atoms with Gasteiger partial charge in [0, 0.05) is 12.5 Å². The van der Waals surface area contributed by atoms with Crippen molar-refractivity contribution < 1.29 is 15.3 Å². The van der Waals surface area contributed by atoms with Crippen LogP contribution in [0.5, 0.6) is 0 Å². The molecule has 1 aromatic carbocycles. The molecule has 15 heavy (non-hydrogen) atoms. The SMILES string of the molecule is CC(CO)c1ccccc1C(C)(C)OO. The summed E-state index contributed by atoms with van der Waals surface area (Å²) < 4.78 is 0. The van der Waals surface area contributed by atoms with E-state index in [1.807, 2.05) is 31.2 Å². The van der Waals surface area contributed by atoms with Crippen LogP contribution in [0.2, 0.25) is 0 Å². The average molecular weight is 210 g/mol. The molecule has 3 nitrogen and oxygen atoms in total. The summed E-state index contributed by atoms with van der Waals surface area (Å²) in [7, 11) is 0. The minimum atomic E-state index is -0.750. The lowest BCUT2D eigenvalue weighted by atomic mass is 9.87. The van der Waals surface area contributed by atoms with Crippen LogP contribution in [-0.2, 0) is 10.5 Å². The standard InChI is InChI=1S/C12H18O3/c1-9(8-13)10-6-4-5-7-11(10)12(2,3)15-14/h4-7,9,13-14H,8H2,1-3H3. The van der Waals surface area contributed by atoms with Crippen LogP contribution in [0.15, 0.2) is 24.3 Å². The van der Waals surface area contributed by atoms with Crippen LogP contribution in [0.3, 0.4) is 0 Å². The van der Waals surface area contributed by atoms with Gasteiger partial charge in [0.2, 0.25) is 0 Å². The van der Waals surface area contributed by atoms with E-state index in [4.69, 9.17) is 10.4 Å². The van der Waals surface area contributed by atoms with E-state index < -0.39 is 5.60 Å². The van der Waals surface area contributed by atoms with Gasteiger partial charge in [0.15, 0.2) is 0 Å². The van der Waals surface area contributed by atoms with Gasteiger partial charge in [0.25, 0.3) is 0 Å². The van der Waals surface area contributed by atoms with Gasteiger partial charge in [-0.3, -0.25) is 5.26 Å². The third kappa shape index (κ3) is 2.56. The Bertz CT molecular complexity index is 320. The molecule has 0 fully saturated rings. The molecule has 1 aromatic rings. The maximum atomic E-state index is 9.15. The lowest BCUT2D eigenvalue weighted by molar-refractivity contribution is -0.318. The summed E-state index contributed by atoms with van der Waals surface area (Å²) in [6, 6.07) is 7.65. The van der Waals surface area contributed by atoms with Gasteiger partial charge in [-0.05, 0) is 25.0 Å². The molecule has 0 spiro atoms. The molecule has 1 rings (SSSR count). The molecule has 0 bridgehead atoms. The molecule has 0 amide bonds. The van der Waals surface area contributed by atoms with Crippen molar-refractivity contribution in [3.8, 4) is 0 Å². The summed E-state index contributed by atoms with van der Waals surface area (Å²) in [5, 5.41) is 18.0. The Kier molecular flexibility index (Phi) is 3.85. The summed E-state index contributed by atoms with van der Waals surface area (Å²) in [6.45, 7) is 5.59. The lowest BCUT2D eigenvalue weighted by Crippen LogP contribution is -2.22. The fraction of sp³-hybridized carbons (Fsp3) is 0.500. The van der Waals surface area contributed by atoms with Gasteiger partial charge < -0.3 is 5.11 Å². The monoisotopic (exact) mass is 210 g/mol. The molecule has 2 N–H and O–H groups in total. The van der Waals surface area contributed by atoms with Crippen LogP contribution in [0.1, 0.15) is 37.8 Å². The summed E-state index contributed by atoms with van der Waals surface area (Å²) >= 11 is 0. The zero-order valence-electron chi connectivity index (χ0n) is 9.40. The Morgan fingerprint density at radius 1 is 1.33 bits per heavy atom. The van der Waals surface area contributed by atoms with Crippen molar-refractivity contribution in [2.45, 2.75) is 32.3 Å². The first-order valence-corrected chi connectivity index (χ1v) is 5.05. The molecule has 0 saturated heterocycles. The summed E-state index contributed by atoms with van der Waals surface area (Å²) in [5.41, 5.74) is 1.15. The molecule has 1 unspecified atom stereocenters. The first kappa shape index (κ1) is 12.2. The smallest absolute Gasteiger partial charge is 0.123 e. The molecule has 84 valence electrons. The minimum absolute atomic E-state index is 0.0376. The predicted octanol–water partition coefficient (Wildman–Crippen LogP) is 2.51. The molecular weight excluding hydrogens is 192 g/mol. The molecule has 0 saturated carbocycles. The predicted molar refractivity (Wildman–Crippen MR) is 58.7 cm³/mol. The van der Waals surface area contributed by atoms with E-state index in [1.165, 1.54) is 0 Å². The van der Waals surface area contributed by atoms with Gasteiger partial charge in [0.05, 0.1) is 0 Å². The highest BCUT2D eigenvalue weighted by atomic mass is 17.1. The second kappa shape index (κ2) is 4.75. The van der Waals surface area contributed by atoms with Crippen molar-refractivity contribution in [1.29, 1.82) is 0 Å². The molecule has 0 aromatic heterocycles. The van der Waals surface area contributed by atoms with E-state index in [2.05, 4.69) is 4.89 Å². The zero-order valence-corrected chi connectivity index (χ0v) is 9.40. The topological polar surface area (TPSA) is 49.7 Å². The van der Waals surface area contributed by atoms with Gasteiger partial charge >= 0.3 is 0 Å². The Morgan fingerprint density at radius 2 is 1.93 bits per heavy atom. The fourth-order valence-electron chi connectivity index (χ4n) is 1.62. The molecule has 3 heteroatoms. The third-order valence-corrected chi connectivity index (χ3v) is 2.64. The molecule has 0 aliphatic rings. The molecule has 0 radical (unpaired) electrons. The van der Waals surface area contributed by atoms with Crippen LogP contribution in [-0.4, -0.2) is 17.0 Å². The third-order valence-electron chi connectivity index (χ3n) is 2.64. The van der Waals surface area contributed by atoms with Crippen molar-refractivity contribution >= 4 is 0 Å². The van der Waals surface area contributed by atoms with Crippen molar-refractivity contribution in [3.05, 3.63) is 35.4 Å². The van der Waals surface area contributed by atoms with Crippen LogP contribution >= 0.6 is 0 Å². The van der Waals surface area contributed by atoms with E-state index in [-0.39, 0.29) is 12.5 Å². The number of aliphatic hydroxyl groups is 1. The first-order valence-electron chi connectivity index (χ1n) is 5.05. The maximum Gasteiger partial charge on any atom is 0.123 e. The molecular formula is C12H18O3. The summed E-state index contributed by atoms with van der Waals surface area (Å²) in [6.07, 6.45) is 0. The maximum absolute atomic E-state index is 9.15. The van der Waals surface area contributed by atoms with E-state index in [0.29, 0.717) is 0 Å². The fourth-order valence-corrected chi connectivity index (χ4v) is 1.62. The zero-order chi connectivity index (χ0) is 11.5. The lowest BCUT2D eigenvalue weighted by Gasteiger charge is -2.25. The minimum Gasteiger partial charge on any atom is -0.396 e. The van der Waals surface area contributed by atoms with Crippen molar-refractivity contribution in [3.63, 3.8) is 0 Å². The van der Waals surface area contributed by atoms with Crippen molar-refractivity contribution in [2.75, 3.05) is 6.61 Å². The van der Waals surface area contributed by atoms with Crippen LogP contribution in [0, 0.1) is 0 Å². The number of aliphatic hydroxyl groups excluding tert-OH is 1. The van der Waals surface area contributed by atoms with Crippen LogP contribution in [0.25, 0.3) is 0 Å². The van der Waals surface area contributed by atoms with Crippen LogP contribution in [0.4, 0.5) is 0 Å². The number of benzene rings is 1. The number of rotatable bonds is 4. The highest BCUT2D eigenvalue weighted by Gasteiger charge is 2.25. The largest absolute Gasteiger partial charge is 0.396 e. The molecule has 0 heterocycles. The van der Waals surface area contributed by atoms with Crippen molar-refractivity contribution in [2.24, 2.45) is 0 Å². The molecule has 0 aliphatic carbocycles. The van der Waals surface area contributed by atoms with E-state index >= 15 is 0 Å². The Balaban J connectivity index is 3.17. The highest BCUT2D eigenvalue weighted by Crippen LogP contribution is 2.30. The second-order valence-electron chi connectivity index (χ2n) is 4.27. The van der Waals surface area contributed by atoms with Gasteiger partial charge in [-0.1, -0.05) is 31.2 Å². The normalized spacial score (nSPS) is 13.9.